The molecule has 8 atom stereocenters. The molecule has 79 heavy (non-hydrogen) atoms. The largest absolute Gasteiger partial charge is 0.454 e. The zero-order valence-electron chi connectivity index (χ0n) is 50.7. The van der Waals surface area contributed by atoms with E-state index in [-0.39, 0.29) is 19.4 Å². The number of amides is 1. The van der Waals surface area contributed by atoms with Crippen LogP contribution in [0.5, 0.6) is 0 Å². The summed E-state index contributed by atoms with van der Waals surface area (Å²) in [6, 6.07) is -1.04. The number of aliphatic hydroxyl groups is 5. The maximum atomic E-state index is 13.4. The zero-order chi connectivity index (χ0) is 57.5. The first-order valence-electron chi connectivity index (χ1n) is 32.7. The number of carbonyl (C=O) groups excluding carboxylic acids is 2. The summed E-state index contributed by atoms with van der Waals surface area (Å²) in [5, 5.41) is 57.1. The van der Waals surface area contributed by atoms with Crippen molar-refractivity contribution in [1.82, 2.24) is 5.32 Å². The molecule has 0 aromatic heterocycles. The highest BCUT2D eigenvalue weighted by Gasteiger charge is 2.47. The molecule has 0 aromatic carbocycles. The molecule has 0 aromatic rings. The lowest BCUT2D eigenvalue weighted by Gasteiger charge is -2.41. The normalized spacial score (nSPS) is 19.3. The highest BCUT2D eigenvalue weighted by Crippen LogP contribution is 2.26. The first-order valence-corrected chi connectivity index (χ1v) is 32.7. The van der Waals surface area contributed by atoms with Gasteiger partial charge in [0.2, 0.25) is 5.91 Å². The van der Waals surface area contributed by atoms with Gasteiger partial charge in [-0.15, -0.1) is 0 Å². The third-order valence-electron chi connectivity index (χ3n) is 15.1. The van der Waals surface area contributed by atoms with E-state index in [1.165, 1.54) is 154 Å². The number of hydrogen-bond donors (Lipinski definition) is 6. The van der Waals surface area contributed by atoms with Crippen molar-refractivity contribution in [3.8, 4) is 0 Å². The number of allylic oxidation sites excluding steroid dienone is 11. The molecule has 458 valence electrons. The molecule has 1 saturated heterocycles. The van der Waals surface area contributed by atoms with Crippen LogP contribution in [0.15, 0.2) is 72.9 Å². The Hall–Kier alpha value is -2.90. The number of esters is 1. The van der Waals surface area contributed by atoms with Crippen molar-refractivity contribution in [2.45, 2.75) is 333 Å². The van der Waals surface area contributed by atoms with E-state index < -0.39 is 67.4 Å². The van der Waals surface area contributed by atoms with Gasteiger partial charge in [0.1, 0.15) is 24.4 Å². The summed E-state index contributed by atoms with van der Waals surface area (Å²) in [5.41, 5.74) is 0. The van der Waals surface area contributed by atoms with Gasteiger partial charge < -0.3 is 45.1 Å². The van der Waals surface area contributed by atoms with Crippen LogP contribution in [0.4, 0.5) is 0 Å². The lowest BCUT2D eigenvalue weighted by atomic mass is 9.99. The second-order valence-electron chi connectivity index (χ2n) is 22.5. The van der Waals surface area contributed by atoms with E-state index in [1.54, 1.807) is 6.08 Å². The average molecular weight is 1110 g/mol. The SMILES string of the molecule is CCCCC/C=C\C/C=C\C/C=C\CCCCCC(O)C(=O)NC(COC1OC(CO)C(O)C(O)C1OC(=O)CCCCCCCCCCCCC/C=C\C/C=C\CCCCC)C(O)/C=C/CCCCCCCCCCCCC. The van der Waals surface area contributed by atoms with E-state index >= 15 is 0 Å². The predicted molar refractivity (Wildman–Crippen MR) is 329 cm³/mol. The van der Waals surface area contributed by atoms with E-state index in [0.29, 0.717) is 12.8 Å². The van der Waals surface area contributed by atoms with Crippen molar-refractivity contribution in [3.63, 3.8) is 0 Å². The lowest BCUT2D eigenvalue weighted by molar-refractivity contribution is -0.305. The Morgan fingerprint density at radius 1 is 0.494 bits per heavy atom. The molecule has 1 aliphatic heterocycles. The van der Waals surface area contributed by atoms with Crippen LogP contribution in [0.3, 0.4) is 0 Å². The summed E-state index contributed by atoms with van der Waals surface area (Å²) in [7, 11) is 0. The lowest BCUT2D eigenvalue weighted by Crippen LogP contribution is -2.61. The Morgan fingerprint density at radius 2 is 0.873 bits per heavy atom. The van der Waals surface area contributed by atoms with Crippen molar-refractivity contribution >= 4 is 11.9 Å². The van der Waals surface area contributed by atoms with Crippen molar-refractivity contribution in [1.29, 1.82) is 0 Å². The Kier molecular flexibility index (Phi) is 52.2. The molecular weight excluding hydrogens is 991 g/mol. The van der Waals surface area contributed by atoms with Gasteiger partial charge in [-0.1, -0.05) is 254 Å². The third kappa shape index (κ3) is 43.5. The highest BCUT2D eigenvalue weighted by atomic mass is 16.7. The van der Waals surface area contributed by atoms with Gasteiger partial charge in [-0.05, 0) is 96.3 Å². The molecule has 1 rings (SSSR count). The van der Waals surface area contributed by atoms with Gasteiger partial charge in [0.25, 0.3) is 0 Å². The number of carbonyl (C=O) groups is 2. The standard InChI is InChI=1S/C68H121NO10/c1-4-7-10-13-16-19-22-25-27-29-30-31-32-33-35-38-41-44-47-50-53-56-63(73)79-66-65(75)64(74)62(57-70)78-68(66)77-58-59(60(71)54-51-48-45-42-39-36-24-21-18-15-12-9-6-3)69-67(76)61(72)55-52-49-46-43-40-37-34-28-26-23-20-17-14-11-8-5-2/h16-17,19-20,25-28,37,40,51,54,59-62,64-66,68,70-72,74-75H,4-15,18,21-24,29-36,38-39,41-50,52-53,55-58H2,1-3H3,(H,69,76)/b19-16-,20-17-,27-25-,28-26-,40-37-,54-51+. The number of aliphatic hydroxyl groups excluding tert-OH is 5. The van der Waals surface area contributed by atoms with Gasteiger partial charge in [0.05, 0.1) is 25.4 Å². The number of hydrogen-bond acceptors (Lipinski definition) is 10. The van der Waals surface area contributed by atoms with Crippen LogP contribution in [0.1, 0.15) is 284 Å². The predicted octanol–water partition coefficient (Wildman–Crippen LogP) is 16.0. The summed E-state index contributed by atoms with van der Waals surface area (Å²) in [5.74, 6) is -1.22. The van der Waals surface area contributed by atoms with E-state index in [1.807, 2.05) is 6.08 Å². The van der Waals surface area contributed by atoms with Crippen molar-refractivity contribution in [2.75, 3.05) is 13.2 Å². The molecule has 11 heteroatoms. The zero-order valence-corrected chi connectivity index (χ0v) is 50.7. The van der Waals surface area contributed by atoms with Crippen molar-refractivity contribution < 1.29 is 49.3 Å². The second kappa shape index (κ2) is 55.6. The number of nitrogens with one attached hydrogen (secondary N) is 1. The molecule has 0 radical (unpaired) electrons. The van der Waals surface area contributed by atoms with Crippen LogP contribution in [0.25, 0.3) is 0 Å². The molecule has 1 fully saturated rings. The smallest absolute Gasteiger partial charge is 0.306 e. The molecule has 1 aliphatic rings. The van der Waals surface area contributed by atoms with E-state index in [0.717, 1.165) is 83.5 Å². The fourth-order valence-electron chi connectivity index (χ4n) is 9.86. The molecule has 1 heterocycles. The molecule has 0 saturated carbocycles. The summed E-state index contributed by atoms with van der Waals surface area (Å²) >= 11 is 0. The van der Waals surface area contributed by atoms with Crippen molar-refractivity contribution in [3.05, 3.63) is 72.9 Å². The van der Waals surface area contributed by atoms with Crippen LogP contribution in [0.2, 0.25) is 0 Å². The van der Waals surface area contributed by atoms with Gasteiger partial charge in [0, 0.05) is 6.42 Å². The van der Waals surface area contributed by atoms with Gasteiger partial charge in [0.15, 0.2) is 12.4 Å². The monoisotopic (exact) mass is 1110 g/mol. The topological polar surface area (TPSA) is 175 Å². The summed E-state index contributed by atoms with van der Waals surface area (Å²) in [4.78, 5) is 26.6. The third-order valence-corrected chi connectivity index (χ3v) is 15.1. The van der Waals surface area contributed by atoms with E-state index in [4.69, 9.17) is 14.2 Å². The molecule has 8 unspecified atom stereocenters. The quantitative estimate of drug-likeness (QED) is 0.0195. The Morgan fingerprint density at radius 3 is 1.33 bits per heavy atom. The van der Waals surface area contributed by atoms with Crippen LogP contribution in [0, 0.1) is 0 Å². The molecular formula is C68H121NO10. The van der Waals surface area contributed by atoms with Crippen LogP contribution >= 0.6 is 0 Å². The molecule has 6 N–H and O–H groups in total. The molecule has 11 nitrogen and oxygen atoms in total. The Bertz CT molecular complexity index is 1560. The number of rotatable bonds is 55. The number of ether oxygens (including phenoxy) is 3. The number of unbranched alkanes of at least 4 members (excludes halogenated alkanes) is 31. The molecule has 1 amide bonds. The summed E-state index contributed by atoms with van der Waals surface area (Å²) in [6.07, 6.45) is 60.7. The van der Waals surface area contributed by atoms with Crippen molar-refractivity contribution in [2.24, 2.45) is 0 Å². The minimum absolute atomic E-state index is 0.117. The maximum Gasteiger partial charge on any atom is 0.306 e. The first kappa shape index (κ1) is 74.1. The highest BCUT2D eigenvalue weighted by molar-refractivity contribution is 5.80. The maximum absolute atomic E-state index is 13.4. The van der Waals surface area contributed by atoms with Crippen LogP contribution in [-0.4, -0.2) is 99.6 Å². The fourth-order valence-corrected chi connectivity index (χ4v) is 9.86. The summed E-state index contributed by atoms with van der Waals surface area (Å²) in [6.45, 7) is 5.74. The molecule has 0 aliphatic carbocycles. The van der Waals surface area contributed by atoms with Gasteiger partial charge >= 0.3 is 5.97 Å². The summed E-state index contributed by atoms with van der Waals surface area (Å²) < 4.78 is 17.6. The van der Waals surface area contributed by atoms with E-state index in [9.17, 15) is 35.1 Å². The van der Waals surface area contributed by atoms with Crippen LogP contribution < -0.4 is 5.32 Å². The molecule has 0 spiro atoms. The average Bonchev–Trinajstić information content (AvgIpc) is 3.49. The second-order valence-corrected chi connectivity index (χ2v) is 22.5. The van der Waals surface area contributed by atoms with Crippen LogP contribution in [-0.2, 0) is 23.8 Å². The first-order chi connectivity index (χ1) is 38.7. The van der Waals surface area contributed by atoms with Gasteiger partial charge in [-0.2, -0.15) is 0 Å². The van der Waals surface area contributed by atoms with E-state index in [2.05, 4.69) is 86.8 Å². The van der Waals surface area contributed by atoms with Gasteiger partial charge in [-0.3, -0.25) is 9.59 Å². The minimum Gasteiger partial charge on any atom is -0.454 e. The fraction of sp³-hybridized carbons (Fsp3) is 0.794. The Balaban J connectivity index is 2.67. The Labute approximate surface area is 483 Å². The van der Waals surface area contributed by atoms with Gasteiger partial charge in [-0.25, -0.2) is 0 Å². The minimum atomic E-state index is -1.62. The molecule has 0 bridgehead atoms.